The summed E-state index contributed by atoms with van der Waals surface area (Å²) >= 11 is 0. The van der Waals surface area contributed by atoms with E-state index < -0.39 is 12.1 Å². The number of likely N-dealkylation sites (N-methyl/N-ethyl adjacent to an activating group) is 1. The highest BCUT2D eigenvalue weighted by Crippen LogP contribution is 2.32. The Morgan fingerprint density at radius 3 is 2.71 bits per heavy atom. The summed E-state index contributed by atoms with van der Waals surface area (Å²) in [5.74, 6) is -0.0503. The highest BCUT2D eigenvalue weighted by Gasteiger charge is 2.29. The zero-order valence-corrected chi connectivity index (χ0v) is 12.2. The highest BCUT2D eigenvalue weighted by molar-refractivity contribution is 5.77. The second kappa shape index (κ2) is 6.47. The number of hydrogen-bond donors (Lipinski definition) is 1. The average Bonchev–Trinajstić information content (AvgIpc) is 2.89. The van der Waals surface area contributed by atoms with E-state index in [0.717, 1.165) is 5.56 Å². The number of rotatable bonds is 6. The van der Waals surface area contributed by atoms with Gasteiger partial charge in [0.15, 0.2) is 12.7 Å². The van der Waals surface area contributed by atoms with E-state index in [1.54, 1.807) is 23.1 Å². The highest BCUT2D eigenvalue weighted by atomic mass is 16.5. The maximum atomic E-state index is 11.8. The lowest BCUT2D eigenvalue weighted by Gasteiger charge is -2.18. The maximum Gasteiger partial charge on any atom is 0.345 e. The molecule has 1 aliphatic heterocycles. The van der Waals surface area contributed by atoms with Gasteiger partial charge < -0.3 is 19.5 Å². The number of ether oxygens (including phenoxy) is 2. The van der Waals surface area contributed by atoms with Crippen LogP contribution in [0.15, 0.2) is 18.2 Å². The Bertz CT molecular complexity index is 539. The smallest absolute Gasteiger partial charge is 0.345 e. The largest absolute Gasteiger partial charge is 0.484 e. The number of aliphatic carboxylic acids is 1. The minimum absolute atomic E-state index is 0.0389. The first-order chi connectivity index (χ1) is 10.0. The number of carbonyl (C=O) groups excluding carboxylic acids is 1. The van der Waals surface area contributed by atoms with Crippen molar-refractivity contribution in [2.24, 2.45) is 0 Å². The molecule has 1 N–H and O–H groups in total. The molecule has 1 aromatic rings. The summed E-state index contributed by atoms with van der Waals surface area (Å²) in [6, 6.07) is 5.13. The first kappa shape index (κ1) is 15.2. The van der Waals surface area contributed by atoms with Crippen molar-refractivity contribution in [1.82, 2.24) is 4.90 Å². The van der Waals surface area contributed by atoms with Gasteiger partial charge in [0, 0.05) is 25.6 Å². The summed E-state index contributed by atoms with van der Waals surface area (Å²) in [5.41, 5.74) is 0.838. The fraction of sp³-hybridized carbons (Fsp3) is 0.467. The number of amides is 1. The SMILES string of the molecule is CCN(CC)C(=O)COc1ccc2c(c1)OC(C(=O)O)C2. The molecule has 0 bridgehead atoms. The monoisotopic (exact) mass is 293 g/mol. The minimum Gasteiger partial charge on any atom is -0.484 e. The minimum atomic E-state index is -0.981. The fourth-order valence-electron chi connectivity index (χ4n) is 2.25. The topological polar surface area (TPSA) is 76.1 Å². The molecule has 1 heterocycles. The van der Waals surface area contributed by atoms with Crippen LogP contribution in [0, 0.1) is 0 Å². The first-order valence-electron chi connectivity index (χ1n) is 6.98. The van der Waals surface area contributed by atoms with E-state index in [1.807, 2.05) is 13.8 Å². The molecule has 0 saturated carbocycles. The molecule has 6 heteroatoms. The molecular weight excluding hydrogens is 274 g/mol. The Hall–Kier alpha value is -2.24. The van der Waals surface area contributed by atoms with Crippen molar-refractivity contribution < 1.29 is 24.2 Å². The molecule has 6 nitrogen and oxygen atoms in total. The molecule has 1 amide bonds. The van der Waals surface area contributed by atoms with E-state index in [2.05, 4.69) is 0 Å². The third-order valence-corrected chi connectivity index (χ3v) is 3.47. The number of hydrogen-bond acceptors (Lipinski definition) is 4. The van der Waals surface area contributed by atoms with Gasteiger partial charge in [0.1, 0.15) is 11.5 Å². The van der Waals surface area contributed by atoms with Crippen LogP contribution in [0.25, 0.3) is 0 Å². The summed E-state index contributed by atoms with van der Waals surface area (Å²) in [6.07, 6.45) is -0.490. The van der Waals surface area contributed by atoms with Crippen LogP contribution in [0.2, 0.25) is 0 Å². The molecule has 0 spiro atoms. The van der Waals surface area contributed by atoms with Crippen LogP contribution in [0.1, 0.15) is 19.4 Å². The number of carbonyl (C=O) groups is 2. The zero-order valence-electron chi connectivity index (χ0n) is 12.2. The van der Waals surface area contributed by atoms with Gasteiger partial charge in [-0.25, -0.2) is 4.79 Å². The lowest BCUT2D eigenvalue weighted by molar-refractivity contribution is -0.144. The second-order valence-electron chi connectivity index (χ2n) is 4.77. The van der Waals surface area contributed by atoms with Gasteiger partial charge in [0.25, 0.3) is 5.91 Å². The Balaban J connectivity index is 1.97. The van der Waals surface area contributed by atoms with Crippen LogP contribution in [-0.4, -0.2) is 47.7 Å². The van der Waals surface area contributed by atoms with Crippen LogP contribution in [0.3, 0.4) is 0 Å². The number of benzene rings is 1. The zero-order chi connectivity index (χ0) is 15.4. The van der Waals surface area contributed by atoms with Gasteiger partial charge in [-0.15, -0.1) is 0 Å². The number of nitrogens with zero attached hydrogens (tertiary/aromatic N) is 1. The first-order valence-corrected chi connectivity index (χ1v) is 6.98. The molecule has 0 fully saturated rings. The molecule has 114 valence electrons. The van der Waals surface area contributed by atoms with Gasteiger partial charge in [-0.3, -0.25) is 4.79 Å². The fourth-order valence-corrected chi connectivity index (χ4v) is 2.25. The number of fused-ring (bicyclic) bond motifs is 1. The van der Waals surface area contributed by atoms with Gasteiger partial charge >= 0.3 is 5.97 Å². The summed E-state index contributed by atoms with van der Waals surface area (Å²) in [7, 11) is 0. The van der Waals surface area contributed by atoms with E-state index in [0.29, 0.717) is 31.0 Å². The van der Waals surface area contributed by atoms with E-state index in [4.69, 9.17) is 14.6 Å². The normalized spacial score (nSPS) is 16.0. The lowest BCUT2D eigenvalue weighted by Crippen LogP contribution is -2.34. The maximum absolute atomic E-state index is 11.8. The molecule has 1 aromatic carbocycles. The number of carboxylic acid groups (broad SMARTS) is 1. The van der Waals surface area contributed by atoms with Crippen LogP contribution in [-0.2, 0) is 16.0 Å². The van der Waals surface area contributed by atoms with Crippen molar-refractivity contribution in [3.63, 3.8) is 0 Å². The summed E-state index contributed by atoms with van der Waals surface area (Å²) in [6.45, 7) is 5.08. The second-order valence-corrected chi connectivity index (χ2v) is 4.77. The van der Waals surface area contributed by atoms with Gasteiger partial charge in [-0.2, -0.15) is 0 Å². The average molecular weight is 293 g/mol. The molecular formula is C15H19NO5. The van der Waals surface area contributed by atoms with E-state index >= 15 is 0 Å². The van der Waals surface area contributed by atoms with E-state index in [9.17, 15) is 9.59 Å². The Morgan fingerprint density at radius 2 is 2.10 bits per heavy atom. The summed E-state index contributed by atoms with van der Waals surface area (Å²) < 4.78 is 10.8. The van der Waals surface area contributed by atoms with Gasteiger partial charge in [-0.05, 0) is 25.5 Å². The lowest BCUT2D eigenvalue weighted by atomic mass is 10.1. The summed E-state index contributed by atoms with van der Waals surface area (Å²) in [5, 5.41) is 8.94. The molecule has 0 radical (unpaired) electrons. The van der Waals surface area contributed by atoms with Crippen molar-refractivity contribution in [3.05, 3.63) is 23.8 Å². The third kappa shape index (κ3) is 3.45. The molecule has 0 aromatic heterocycles. The van der Waals surface area contributed by atoms with Crippen LogP contribution in [0.5, 0.6) is 11.5 Å². The summed E-state index contributed by atoms with van der Waals surface area (Å²) in [4.78, 5) is 24.4. The molecule has 1 unspecified atom stereocenters. The van der Waals surface area contributed by atoms with Crippen molar-refractivity contribution in [2.45, 2.75) is 26.4 Å². The predicted octanol–water partition coefficient (Wildman–Crippen LogP) is 1.32. The molecule has 2 rings (SSSR count). The van der Waals surface area contributed by atoms with Crippen molar-refractivity contribution in [1.29, 1.82) is 0 Å². The Morgan fingerprint density at radius 1 is 1.38 bits per heavy atom. The Labute approximate surface area is 123 Å². The third-order valence-electron chi connectivity index (χ3n) is 3.47. The van der Waals surface area contributed by atoms with Crippen LogP contribution in [0.4, 0.5) is 0 Å². The molecule has 0 saturated heterocycles. The molecule has 21 heavy (non-hydrogen) atoms. The van der Waals surface area contributed by atoms with Gasteiger partial charge in [-0.1, -0.05) is 6.07 Å². The Kier molecular flexibility index (Phi) is 4.67. The van der Waals surface area contributed by atoms with Crippen molar-refractivity contribution in [3.8, 4) is 11.5 Å². The molecule has 1 atom stereocenters. The quantitative estimate of drug-likeness (QED) is 0.856. The standard InChI is InChI=1S/C15H19NO5/c1-3-16(4-2)14(17)9-20-11-6-5-10-7-13(15(18)19)21-12(10)8-11/h5-6,8,13H,3-4,7,9H2,1-2H3,(H,18,19). The van der Waals surface area contributed by atoms with Crippen molar-refractivity contribution >= 4 is 11.9 Å². The number of carboxylic acids is 1. The predicted molar refractivity (Wildman–Crippen MR) is 75.6 cm³/mol. The van der Waals surface area contributed by atoms with Gasteiger partial charge in [0.2, 0.25) is 0 Å². The van der Waals surface area contributed by atoms with Crippen LogP contribution < -0.4 is 9.47 Å². The van der Waals surface area contributed by atoms with E-state index in [-0.39, 0.29) is 12.5 Å². The van der Waals surface area contributed by atoms with Gasteiger partial charge in [0.05, 0.1) is 0 Å². The van der Waals surface area contributed by atoms with Crippen molar-refractivity contribution in [2.75, 3.05) is 19.7 Å². The van der Waals surface area contributed by atoms with E-state index in [1.165, 1.54) is 0 Å². The van der Waals surface area contributed by atoms with Crippen LogP contribution >= 0.6 is 0 Å². The molecule has 1 aliphatic rings. The molecule has 0 aliphatic carbocycles.